The van der Waals surface area contributed by atoms with Crippen LogP contribution in [0.15, 0.2) is 30.6 Å². The van der Waals surface area contributed by atoms with Crippen LogP contribution >= 0.6 is 23.2 Å². The highest BCUT2D eigenvalue weighted by atomic mass is 35.5. The normalized spacial score (nSPS) is 14.5. The van der Waals surface area contributed by atoms with Crippen molar-refractivity contribution in [3.05, 3.63) is 46.5 Å². The molecule has 1 aliphatic heterocycles. The van der Waals surface area contributed by atoms with Gasteiger partial charge in [-0.15, -0.1) is 0 Å². The lowest BCUT2D eigenvalue weighted by Crippen LogP contribution is -2.44. The van der Waals surface area contributed by atoms with E-state index in [2.05, 4.69) is 15.3 Å². The summed E-state index contributed by atoms with van der Waals surface area (Å²) in [5, 5.41) is 3.23. The number of hydrogen-bond donors (Lipinski definition) is 1. The number of amides is 1. The maximum atomic E-state index is 14.8. The molecule has 0 saturated carbocycles. The van der Waals surface area contributed by atoms with E-state index < -0.39 is 23.2 Å². The van der Waals surface area contributed by atoms with Crippen LogP contribution in [0.1, 0.15) is 54.4 Å². The number of piperidine rings is 1. The summed E-state index contributed by atoms with van der Waals surface area (Å²) in [7, 11) is 0. The summed E-state index contributed by atoms with van der Waals surface area (Å²) in [6.07, 6.45) is 0.683. The van der Waals surface area contributed by atoms with Crippen LogP contribution in [0.25, 0.3) is 10.9 Å². The molecule has 226 valence electrons. The molecule has 2 heterocycles. The fourth-order valence-electron chi connectivity index (χ4n) is 4.11. The number of carbonyl (C=O) groups is 2. The smallest absolute Gasteiger partial charge is 0.486 e. The molecule has 1 fully saturated rings. The first-order valence-electron chi connectivity index (χ1n) is 13.3. The van der Waals surface area contributed by atoms with Crippen LogP contribution in [0.4, 0.5) is 25.5 Å². The molecule has 0 aliphatic carbocycles. The van der Waals surface area contributed by atoms with Gasteiger partial charge in [0, 0.05) is 37.4 Å². The number of hydrogen-bond acceptors (Lipinski definition) is 9. The molecule has 1 aromatic heterocycles. The number of nitrogens with one attached hydrogen (secondary N) is 1. The fraction of sp³-hybridized carbons (Fsp3) is 0.448. The lowest BCUT2D eigenvalue weighted by molar-refractivity contribution is 0.0103. The van der Waals surface area contributed by atoms with Crippen molar-refractivity contribution in [2.24, 2.45) is 0 Å². The minimum atomic E-state index is -0.920. The Kier molecular flexibility index (Phi) is 9.22. The molecule has 1 amide bonds. The van der Waals surface area contributed by atoms with Gasteiger partial charge in [0.2, 0.25) is 0 Å². The van der Waals surface area contributed by atoms with Crippen LogP contribution in [-0.4, -0.2) is 57.5 Å². The van der Waals surface area contributed by atoms with Crippen molar-refractivity contribution in [2.45, 2.75) is 71.7 Å². The molecule has 42 heavy (non-hydrogen) atoms. The fourth-order valence-corrected chi connectivity index (χ4v) is 4.42. The van der Waals surface area contributed by atoms with Gasteiger partial charge in [0.15, 0.2) is 17.3 Å². The monoisotopic (exact) mass is 622 g/mol. The standard InChI is InChI=1S/C29H33Cl2FN4O6/c1-28(2,3)41-26(37)36-11-9-16(10-12-36)39-21-13-17-20(14-22(21)40-27(38)42-29(4,5)6)33-15-34-25(17)35-19-8-7-18(30)23(31)24(19)32/h7-8,13-16H,9-12H2,1-6H3,(H,33,34,35). The summed E-state index contributed by atoms with van der Waals surface area (Å²) in [6.45, 7) is 11.4. The van der Waals surface area contributed by atoms with E-state index in [1.54, 1.807) is 31.7 Å². The number of aromatic nitrogens is 2. The quantitative estimate of drug-likeness (QED) is 0.172. The van der Waals surface area contributed by atoms with Crippen molar-refractivity contribution in [1.29, 1.82) is 0 Å². The SMILES string of the molecule is CC(C)(C)OC(=O)Oc1cc2ncnc(Nc3ccc(Cl)c(Cl)c3F)c2cc1OC1CCN(C(=O)OC(C)(C)C)CC1. The van der Waals surface area contributed by atoms with Crippen LogP contribution in [0.2, 0.25) is 10.0 Å². The first-order chi connectivity index (χ1) is 19.6. The molecule has 0 unspecified atom stereocenters. The van der Waals surface area contributed by atoms with Gasteiger partial charge in [-0.3, -0.25) is 0 Å². The van der Waals surface area contributed by atoms with Gasteiger partial charge in [0.25, 0.3) is 0 Å². The minimum Gasteiger partial charge on any atom is -0.486 e. The molecule has 0 atom stereocenters. The van der Waals surface area contributed by atoms with Gasteiger partial charge in [-0.25, -0.2) is 23.9 Å². The number of likely N-dealkylation sites (tertiary alicyclic amines) is 1. The highest BCUT2D eigenvalue weighted by molar-refractivity contribution is 6.42. The van der Waals surface area contributed by atoms with Crippen LogP contribution in [0, 0.1) is 5.82 Å². The third-order valence-electron chi connectivity index (χ3n) is 5.96. The van der Waals surface area contributed by atoms with Gasteiger partial charge in [-0.2, -0.15) is 0 Å². The number of ether oxygens (including phenoxy) is 4. The number of anilines is 2. The van der Waals surface area contributed by atoms with E-state index in [1.165, 1.54) is 24.5 Å². The lowest BCUT2D eigenvalue weighted by Gasteiger charge is -2.33. The summed E-state index contributed by atoms with van der Waals surface area (Å²) >= 11 is 11.9. The van der Waals surface area contributed by atoms with Crippen LogP contribution < -0.4 is 14.8 Å². The highest BCUT2D eigenvalue weighted by Crippen LogP contribution is 2.38. The Morgan fingerprint density at radius 1 is 0.976 bits per heavy atom. The van der Waals surface area contributed by atoms with E-state index in [0.29, 0.717) is 36.8 Å². The van der Waals surface area contributed by atoms with Gasteiger partial charge in [0.1, 0.15) is 29.5 Å². The summed E-state index contributed by atoms with van der Waals surface area (Å²) < 4.78 is 37.5. The highest BCUT2D eigenvalue weighted by Gasteiger charge is 2.29. The third kappa shape index (κ3) is 8.04. The second kappa shape index (κ2) is 12.3. The molecule has 1 saturated heterocycles. The third-order valence-corrected chi connectivity index (χ3v) is 6.74. The number of halogens is 3. The first kappa shape index (κ1) is 31.4. The van der Waals surface area contributed by atoms with E-state index >= 15 is 0 Å². The Morgan fingerprint density at radius 2 is 1.64 bits per heavy atom. The van der Waals surface area contributed by atoms with Gasteiger partial charge >= 0.3 is 12.2 Å². The Bertz CT molecular complexity index is 1480. The summed E-state index contributed by atoms with van der Waals surface area (Å²) in [6, 6.07) is 6.02. The van der Waals surface area contributed by atoms with Crippen LogP contribution in [0.5, 0.6) is 11.5 Å². The molecule has 0 spiro atoms. The van der Waals surface area contributed by atoms with Crippen molar-refractivity contribution >= 4 is 57.9 Å². The molecule has 4 rings (SSSR count). The molecular weight excluding hydrogens is 590 g/mol. The molecule has 13 heteroatoms. The Morgan fingerprint density at radius 3 is 2.29 bits per heavy atom. The van der Waals surface area contributed by atoms with Gasteiger partial charge < -0.3 is 29.2 Å². The molecular formula is C29H33Cl2FN4O6. The van der Waals surface area contributed by atoms with Crippen molar-refractivity contribution in [1.82, 2.24) is 14.9 Å². The van der Waals surface area contributed by atoms with Gasteiger partial charge in [0.05, 0.1) is 21.2 Å². The Labute approximate surface area is 253 Å². The zero-order valence-electron chi connectivity index (χ0n) is 24.2. The molecule has 1 N–H and O–H groups in total. The molecule has 0 radical (unpaired) electrons. The lowest BCUT2D eigenvalue weighted by atomic mass is 10.1. The van der Waals surface area contributed by atoms with Crippen molar-refractivity contribution in [3.63, 3.8) is 0 Å². The van der Waals surface area contributed by atoms with Gasteiger partial charge in [-0.1, -0.05) is 23.2 Å². The number of fused-ring (bicyclic) bond motifs is 1. The number of benzene rings is 2. The van der Waals surface area contributed by atoms with Crippen molar-refractivity contribution in [2.75, 3.05) is 18.4 Å². The molecule has 1 aliphatic rings. The van der Waals surface area contributed by atoms with Crippen LogP contribution in [0.3, 0.4) is 0 Å². The van der Waals surface area contributed by atoms with Crippen LogP contribution in [-0.2, 0) is 9.47 Å². The van der Waals surface area contributed by atoms with Crippen molar-refractivity contribution in [3.8, 4) is 11.5 Å². The number of nitrogens with zero attached hydrogens (tertiary/aromatic N) is 3. The zero-order chi connectivity index (χ0) is 30.8. The maximum absolute atomic E-state index is 14.8. The Balaban J connectivity index is 1.63. The van der Waals surface area contributed by atoms with Gasteiger partial charge in [-0.05, 0) is 59.7 Å². The average molecular weight is 624 g/mol. The summed E-state index contributed by atoms with van der Waals surface area (Å²) in [5.74, 6) is -0.187. The Hall–Kier alpha value is -3.57. The molecule has 10 nitrogen and oxygen atoms in total. The topological polar surface area (TPSA) is 112 Å². The summed E-state index contributed by atoms with van der Waals surface area (Å²) in [4.78, 5) is 35.3. The van der Waals surface area contributed by atoms with Crippen molar-refractivity contribution < 1.29 is 32.9 Å². The van der Waals surface area contributed by atoms with E-state index in [-0.39, 0.29) is 45.2 Å². The first-order valence-corrected chi connectivity index (χ1v) is 14.1. The van der Waals surface area contributed by atoms with E-state index in [1.807, 2.05) is 20.8 Å². The molecule has 3 aromatic rings. The predicted molar refractivity (Wildman–Crippen MR) is 158 cm³/mol. The number of rotatable bonds is 5. The maximum Gasteiger partial charge on any atom is 0.514 e. The average Bonchev–Trinajstić information content (AvgIpc) is 2.88. The summed E-state index contributed by atoms with van der Waals surface area (Å²) in [5.41, 5.74) is -0.946. The zero-order valence-corrected chi connectivity index (χ0v) is 25.7. The van der Waals surface area contributed by atoms with E-state index in [0.717, 1.165) is 0 Å². The van der Waals surface area contributed by atoms with E-state index in [4.69, 9.17) is 42.1 Å². The largest absolute Gasteiger partial charge is 0.514 e. The number of carbonyl (C=O) groups excluding carboxylic acids is 2. The second-order valence-corrected chi connectivity index (χ2v) is 12.5. The molecule has 2 aromatic carbocycles. The second-order valence-electron chi connectivity index (χ2n) is 11.7. The predicted octanol–water partition coefficient (Wildman–Crippen LogP) is 7.91. The van der Waals surface area contributed by atoms with E-state index in [9.17, 15) is 14.0 Å². The minimum absolute atomic E-state index is 0.0514. The molecule has 0 bridgehead atoms.